The van der Waals surface area contributed by atoms with Crippen molar-refractivity contribution < 1.29 is 14.3 Å². The van der Waals surface area contributed by atoms with E-state index in [9.17, 15) is 4.79 Å². The van der Waals surface area contributed by atoms with Crippen molar-refractivity contribution in [3.8, 4) is 11.5 Å². The molecule has 1 aromatic carbocycles. The summed E-state index contributed by atoms with van der Waals surface area (Å²) in [7, 11) is 3.29. The summed E-state index contributed by atoms with van der Waals surface area (Å²) in [5.41, 5.74) is 0.980. The summed E-state index contributed by atoms with van der Waals surface area (Å²) in [5.74, 6) is 1.74. The zero-order valence-corrected chi connectivity index (χ0v) is 12.0. The van der Waals surface area contributed by atoms with Crippen molar-refractivity contribution >= 4 is 17.5 Å². The first-order chi connectivity index (χ1) is 8.62. The molecule has 0 heterocycles. The largest absolute Gasteiger partial charge is 0.496 e. The van der Waals surface area contributed by atoms with Gasteiger partial charge in [-0.2, -0.15) is 0 Å². The van der Waals surface area contributed by atoms with Crippen LogP contribution in [0.3, 0.4) is 0 Å². The van der Waals surface area contributed by atoms with Crippen molar-refractivity contribution in [1.82, 2.24) is 5.32 Å². The van der Waals surface area contributed by atoms with Crippen molar-refractivity contribution in [3.05, 3.63) is 17.7 Å². The Balaban J connectivity index is 2.91. The molecule has 100 valence electrons. The molecule has 0 amide bonds. The van der Waals surface area contributed by atoms with Crippen molar-refractivity contribution in [2.75, 3.05) is 27.0 Å². The number of carbonyl (C=O) groups is 1. The number of methoxy groups -OCH3 is 2. The van der Waals surface area contributed by atoms with E-state index in [1.807, 2.05) is 18.4 Å². The van der Waals surface area contributed by atoms with Gasteiger partial charge in [-0.1, -0.05) is 0 Å². The second kappa shape index (κ2) is 7.28. The second-order valence-electron chi connectivity index (χ2n) is 3.82. The Hall–Kier alpha value is -1.20. The SMILES string of the molecule is COc1cc(SC)c(OC)cc1CNCC(C)=O. The molecule has 0 bridgehead atoms. The van der Waals surface area contributed by atoms with Crippen molar-refractivity contribution in [2.24, 2.45) is 0 Å². The van der Waals surface area contributed by atoms with Gasteiger partial charge in [-0.3, -0.25) is 4.79 Å². The Morgan fingerprint density at radius 2 is 1.94 bits per heavy atom. The van der Waals surface area contributed by atoms with Crippen molar-refractivity contribution in [3.63, 3.8) is 0 Å². The van der Waals surface area contributed by atoms with Gasteiger partial charge in [-0.25, -0.2) is 0 Å². The quantitative estimate of drug-likeness (QED) is 0.768. The normalized spacial score (nSPS) is 10.2. The average Bonchev–Trinajstić information content (AvgIpc) is 2.37. The molecule has 1 N–H and O–H groups in total. The number of Topliss-reactive ketones (excluding diaryl/α,β-unsaturated/α-hetero) is 1. The van der Waals surface area contributed by atoms with Gasteiger partial charge in [0.15, 0.2) is 0 Å². The van der Waals surface area contributed by atoms with Gasteiger partial charge in [0, 0.05) is 12.1 Å². The van der Waals surface area contributed by atoms with Gasteiger partial charge >= 0.3 is 0 Å². The average molecular weight is 269 g/mol. The molecule has 0 aliphatic heterocycles. The fourth-order valence-electron chi connectivity index (χ4n) is 1.60. The molecule has 0 fully saturated rings. The molecule has 0 radical (unpaired) electrons. The summed E-state index contributed by atoms with van der Waals surface area (Å²) in [5, 5.41) is 3.07. The van der Waals surface area contributed by atoms with Crippen LogP contribution in [-0.2, 0) is 11.3 Å². The Morgan fingerprint density at radius 3 is 2.44 bits per heavy atom. The van der Waals surface area contributed by atoms with E-state index in [0.717, 1.165) is 22.0 Å². The number of hydrogen-bond donors (Lipinski definition) is 1. The first-order valence-electron chi connectivity index (χ1n) is 5.61. The Labute approximate surface area is 112 Å². The Bertz CT molecular complexity index is 421. The summed E-state index contributed by atoms with van der Waals surface area (Å²) in [6, 6.07) is 3.89. The molecule has 0 saturated heterocycles. The minimum atomic E-state index is 0.113. The fraction of sp³-hybridized carbons (Fsp3) is 0.462. The lowest BCUT2D eigenvalue weighted by Crippen LogP contribution is -2.20. The standard InChI is InChI=1S/C13H19NO3S/c1-9(15)7-14-8-10-5-12(17-3)13(18-4)6-11(10)16-2/h5-6,14H,7-8H2,1-4H3. The van der Waals surface area contributed by atoms with Crippen LogP contribution in [-0.4, -0.2) is 32.8 Å². The van der Waals surface area contributed by atoms with Gasteiger partial charge in [0.1, 0.15) is 17.3 Å². The van der Waals surface area contributed by atoms with Crippen LogP contribution in [0.5, 0.6) is 11.5 Å². The molecule has 0 spiro atoms. The maximum Gasteiger partial charge on any atom is 0.143 e. The van der Waals surface area contributed by atoms with E-state index < -0.39 is 0 Å². The first-order valence-corrected chi connectivity index (χ1v) is 6.83. The molecule has 4 nitrogen and oxygen atoms in total. The minimum Gasteiger partial charge on any atom is -0.496 e. The second-order valence-corrected chi connectivity index (χ2v) is 4.67. The summed E-state index contributed by atoms with van der Waals surface area (Å²) in [6.45, 7) is 2.49. The topological polar surface area (TPSA) is 47.6 Å². The molecule has 0 saturated carbocycles. The highest BCUT2D eigenvalue weighted by Gasteiger charge is 2.10. The Kier molecular flexibility index (Phi) is 6.01. The number of ether oxygens (including phenoxy) is 2. The minimum absolute atomic E-state index is 0.113. The highest BCUT2D eigenvalue weighted by Crippen LogP contribution is 2.34. The van der Waals surface area contributed by atoms with E-state index in [2.05, 4.69) is 5.32 Å². The number of rotatable bonds is 7. The maximum absolute atomic E-state index is 10.9. The van der Waals surface area contributed by atoms with E-state index in [-0.39, 0.29) is 5.78 Å². The molecule has 1 rings (SSSR count). The van der Waals surface area contributed by atoms with Gasteiger partial charge in [0.2, 0.25) is 0 Å². The van der Waals surface area contributed by atoms with Crippen LogP contribution >= 0.6 is 11.8 Å². The van der Waals surface area contributed by atoms with Gasteiger partial charge < -0.3 is 14.8 Å². The molecule has 0 aliphatic carbocycles. The van der Waals surface area contributed by atoms with Crippen LogP contribution in [0, 0.1) is 0 Å². The number of carbonyl (C=O) groups excluding carboxylic acids is 1. The highest BCUT2D eigenvalue weighted by molar-refractivity contribution is 7.98. The van der Waals surface area contributed by atoms with Crippen molar-refractivity contribution in [2.45, 2.75) is 18.4 Å². The number of ketones is 1. The van der Waals surface area contributed by atoms with Gasteiger partial charge in [-0.15, -0.1) is 11.8 Å². The molecule has 1 aromatic rings. The first kappa shape index (κ1) is 14.9. The van der Waals surface area contributed by atoms with E-state index in [4.69, 9.17) is 9.47 Å². The van der Waals surface area contributed by atoms with Crippen LogP contribution in [0.15, 0.2) is 17.0 Å². The molecule has 0 atom stereocenters. The summed E-state index contributed by atoms with van der Waals surface area (Å²) in [6.07, 6.45) is 1.99. The summed E-state index contributed by atoms with van der Waals surface area (Å²) >= 11 is 1.61. The van der Waals surface area contributed by atoms with Crippen LogP contribution < -0.4 is 14.8 Å². The molecular weight excluding hydrogens is 250 g/mol. The van der Waals surface area contributed by atoms with E-state index in [1.54, 1.807) is 32.9 Å². The summed E-state index contributed by atoms with van der Waals surface area (Å²) < 4.78 is 10.7. The van der Waals surface area contributed by atoms with Gasteiger partial charge in [-0.05, 0) is 25.3 Å². The van der Waals surface area contributed by atoms with Crippen LogP contribution in [0.25, 0.3) is 0 Å². The van der Waals surface area contributed by atoms with E-state index in [0.29, 0.717) is 13.1 Å². The van der Waals surface area contributed by atoms with Crippen molar-refractivity contribution in [1.29, 1.82) is 0 Å². The fourth-order valence-corrected chi connectivity index (χ4v) is 2.17. The molecular formula is C13H19NO3S. The molecule has 18 heavy (non-hydrogen) atoms. The number of hydrogen-bond acceptors (Lipinski definition) is 5. The third-order valence-corrected chi connectivity index (χ3v) is 3.23. The van der Waals surface area contributed by atoms with E-state index in [1.165, 1.54) is 0 Å². The zero-order valence-electron chi connectivity index (χ0n) is 11.2. The Morgan fingerprint density at radius 1 is 1.28 bits per heavy atom. The lowest BCUT2D eigenvalue weighted by Gasteiger charge is -2.14. The van der Waals surface area contributed by atoms with E-state index >= 15 is 0 Å². The van der Waals surface area contributed by atoms with Crippen LogP contribution in [0.4, 0.5) is 0 Å². The smallest absolute Gasteiger partial charge is 0.143 e. The van der Waals surface area contributed by atoms with Crippen LogP contribution in [0.2, 0.25) is 0 Å². The highest BCUT2D eigenvalue weighted by atomic mass is 32.2. The number of nitrogens with one attached hydrogen (secondary N) is 1. The molecule has 5 heteroatoms. The predicted molar refractivity (Wildman–Crippen MR) is 73.7 cm³/mol. The lowest BCUT2D eigenvalue weighted by molar-refractivity contribution is -0.116. The van der Waals surface area contributed by atoms with Crippen LogP contribution in [0.1, 0.15) is 12.5 Å². The third kappa shape index (κ3) is 3.92. The zero-order chi connectivity index (χ0) is 13.5. The van der Waals surface area contributed by atoms with Gasteiger partial charge in [0.25, 0.3) is 0 Å². The monoisotopic (exact) mass is 269 g/mol. The number of benzene rings is 1. The molecule has 0 unspecified atom stereocenters. The molecule has 0 aromatic heterocycles. The number of thioether (sulfide) groups is 1. The van der Waals surface area contributed by atoms with Gasteiger partial charge in [0.05, 0.1) is 25.7 Å². The summed E-state index contributed by atoms with van der Waals surface area (Å²) in [4.78, 5) is 11.9. The molecule has 0 aliphatic rings. The lowest BCUT2D eigenvalue weighted by atomic mass is 10.2. The third-order valence-electron chi connectivity index (χ3n) is 2.48. The predicted octanol–water partition coefficient (Wildman–Crippen LogP) is 2.10. The maximum atomic E-state index is 10.9.